The number of likely N-dealkylation sites (tertiary alicyclic amines) is 1. The van der Waals surface area contributed by atoms with Gasteiger partial charge in [-0.15, -0.1) is 0 Å². The Morgan fingerprint density at radius 3 is 2.74 bits per heavy atom. The van der Waals surface area contributed by atoms with Gasteiger partial charge >= 0.3 is 0 Å². The summed E-state index contributed by atoms with van der Waals surface area (Å²) in [4.78, 5) is 22.3. The number of hydrogen-bond donors (Lipinski definition) is 1. The fraction of sp³-hybridized carbons (Fsp3) is 0.296. The number of aromatic nitrogens is 6. The van der Waals surface area contributed by atoms with Crippen LogP contribution in [0.3, 0.4) is 0 Å². The summed E-state index contributed by atoms with van der Waals surface area (Å²) in [5.74, 6) is 1.59. The van der Waals surface area contributed by atoms with Crippen molar-refractivity contribution in [3.63, 3.8) is 0 Å². The van der Waals surface area contributed by atoms with E-state index >= 15 is 0 Å². The average molecular weight is 549 g/mol. The van der Waals surface area contributed by atoms with Gasteiger partial charge in [0.1, 0.15) is 29.7 Å². The fourth-order valence-electron chi connectivity index (χ4n) is 5.13. The topological polar surface area (TPSA) is 102 Å². The zero-order chi connectivity index (χ0) is 26.9. The first kappa shape index (κ1) is 25.1. The van der Waals surface area contributed by atoms with Crippen LogP contribution in [0.1, 0.15) is 36.3 Å². The molecule has 1 saturated heterocycles. The van der Waals surface area contributed by atoms with Gasteiger partial charge in [0, 0.05) is 37.2 Å². The van der Waals surface area contributed by atoms with Crippen LogP contribution in [-0.2, 0) is 4.79 Å². The van der Waals surface area contributed by atoms with Gasteiger partial charge in [0.15, 0.2) is 11.5 Å². The highest BCUT2D eigenvalue weighted by atomic mass is 35.5. The Bertz CT molecular complexity index is 1650. The standard InChI is InChI=1S/C27H26ClFN8O2/c1-17-13-19(4-5-22(17)39-20-7-11-36-23(14-20)30-15-32-36)34-26-24-21(8-12-37(24)33-16-31-26)18-3-2-9-35(10-6-18)27(38)25(28)29/h4-5,7-8,11-16,18,25H,2-3,6,9-10H2,1H3,(H,31,33,34)/t18-,25?/m1/s1. The van der Waals surface area contributed by atoms with Crippen molar-refractivity contribution in [2.75, 3.05) is 18.4 Å². The second-order valence-electron chi connectivity index (χ2n) is 9.56. The predicted molar refractivity (Wildman–Crippen MR) is 144 cm³/mol. The molecule has 1 aliphatic heterocycles. The largest absolute Gasteiger partial charge is 0.457 e. The zero-order valence-electron chi connectivity index (χ0n) is 21.2. The van der Waals surface area contributed by atoms with E-state index in [4.69, 9.17) is 16.3 Å². The lowest BCUT2D eigenvalue weighted by atomic mass is 9.93. The molecule has 6 rings (SSSR count). The second kappa shape index (κ2) is 10.5. The summed E-state index contributed by atoms with van der Waals surface area (Å²) >= 11 is 5.41. The van der Waals surface area contributed by atoms with Crippen molar-refractivity contribution in [3.05, 3.63) is 72.6 Å². The van der Waals surface area contributed by atoms with Gasteiger partial charge in [-0.05, 0) is 73.6 Å². The lowest BCUT2D eigenvalue weighted by molar-refractivity contribution is -0.133. The van der Waals surface area contributed by atoms with E-state index in [1.807, 2.05) is 49.5 Å². The summed E-state index contributed by atoms with van der Waals surface area (Å²) in [7, 11) is 0. The van der Waals surface area contributed by atoms with Crippen LogP contribution in [0.15, 0.2) is 61.4 Å². The van der Waals surface area contributed by atoms with Crippen molar-refractivity contribution in [2.45, 2.75) is 37.7 Å². The first-order valence-electron chi connectivity index (χ1n) is 12.7. The summed E-state index contributed by atoms with van der Waals surface area (Å²) < 4.78 is 23.0. The molecule has 0 spiro atoms. The van der Waals surface area contributed by atoms with Crippen LogP contribution in [0, 0.1) is 6.92 Å². The van der Waals surface area contributed by atoms with Gasteiger partial charge in [-0.2, -0.15) is 10.2 Å². The quantitative estimate of drug-likeness (QED) is 0.289. The molecule has 1 unspecified atom stereocenters. The minimum absolute atomic E-state index is 0.174. The summed E-state index contributed by atoms with van der Waals surface area (Å²) in [5.41, 5.74) is 2.48. The molecule has 2 atom stereocenters. The number of benzene rings is 1. The SMILES string of the molecule is Cc1cc(Nc2ncnn3ccc([C@@H]4CCCN(C(=O)C(F)Cl)CC4)c23)ccc1Oc1ccn2ncnc2c1. The van der Waals surface area contributed by atoms with Crippen LogP contribution < -0.4 is 10.1 Å². The first-order chi connectivity index (χ1) is 19.0. The second-order valence-corrected chi connectivity index (χ2v) is 9.94. The van der Waals surface area contributed by atoms with Gasteiger partial charge in [-0.1, -0.05) is 11.6 Å². The Labute approximate surface area is 228 Å². The number of fused-ring (bicyclic) bond motifs is 2. The molecule has 0 radical (unpaired) electrons. The normalized spacial score (nSPS) is 16.8. The van der Waals surface area contributed by atoms with E-state index in [0.29, 0.717) is 36.7 Å². The summed E-state index contributed by atoms with van der Waals surface area (Å²) in [6, 6.07) is 11.6. The Morgan fingerprint density at radius 2 is 1.90 bits per heavy atom. The van der Waals surface area contributed by atoms with Gasteiger partial charge in [-0.25, -0.2) is 23.4 Å². The minimum Gasteiger partial charge on any atom is -0.457 e. The van der Waals surface area contributed by atoms with Crippen molar-refractivity contribution in [3.8, 4) is 11.5 Å². The van der Waals surface area contributed by atoms with E-state index in [-0.39, 0.29) is 5.92 Å². The summed E-state index contributed by atoms with van der Waals surface area (Å²) in [5, 5.41) is 11.9. The van der Waals surface area contributed by atoms with Gasteiger partial charge in [0.05, 0.1) is 0 Å². The van der Waals surface area contributed by atoms with Crippen LogP contribution in [0.5, 0.6) is 11.5 Å². The van der Waals surface area contributed by atoms with E-state index in [1.54, 1.807) is 15.2 Å². The molecule has 0 saturated carbocycles. The van der Waals surface area contributed by atoms with Gasteiger partial charge in [0.25, 0.3) is 11.5 Å². The highest BCUT2D eigenvalue weighted by Crippen LogP contribution is 2.35. The summed E-state index contributed by atoms with van der Waals surface area (Å²) in [6.45, 7) is 2.93. The van der Waals surface area contributed by atoms with Crippen LogP contribution in [0.25, 0.3) is 11.2 Å². The van der Waals surface area contributed by atoms with Crippen molar-refractivity contribution in [2.24, 2.45) is 0 Å². The van der Waals surface area contributed by atoms with Crippen molar-refractivity contribution in [1.82, 2.24) is 34.1 Å². The lowest BCUT2D eigenvalue weighted by Crippen LogP contribution is -2.36. The predicted octanol–water partition coefficient (Wildman–Crippen LogP) is 5.25. The number of anilines is 2. The van der Waals surface area contributed by atoms with Crippen molar-refractivity contribution >= 4 is 40.2 Å². The van der Waals surface area contributed by atoms with Crippen molar-refractivity contribution < 1.29 is 13.9 Å². The van der Waals surface area contributed by atoms with Crippen molar-refractivity contribution in [1.29, 1.82) is 0 Å². The molecule has 5 heterocycles. The van der Waals surface area contributed by atoms with Crippen LogP contribution >= 0.6 is 11.6 Å². The average Bonchev–Trinajstić information content (AvgIpc) is 3.51. The molecule has 1 amide bonds. The van der Waals surface area contributed by atoms with E-state index in [0.717, 1.165) is 40.9 Å². The number of amides is 1. The molecule has 10 nitrogen and oxygen atoms in total. The number of nitrogens with zero attached hydrogens (tertiary/aromatic N) is 7. The molecule has 12 heteroatoms. The lowest BCUT2D eigenvalue weighted by Gasteiger charge is -2.20. The molecule has 4 aromatic heterocycles. The highest BCUT2D eigenvalue weighted by molar-refractivity contribution is 6.29. The van der Waals surface area contributed by atoms with E-state index in [2.05, 4.69) is 25.5 Å². The third kappa shape index (κ3) is 5.09. The zero-order valence-corrected chi connectivity index (χ0v) is 21.9. The summed E-state index contributed by atoms with van der Waals surface area (Å²) in [6.07, 6.45) is 9.06. The minimum atomic E-state index is -2.00. The smallest absolute Gasteiger partial charge is 0.272 e. The fourth-order valence-corrected chi connectivity index (χ4v) is 5.27. The maximum atomic E-state index is 13.4. The number of rotatable bonds is 6. The molecular formula is C27H26ClFN8O2. The Morgan fingerprint density at radius 1 is 1.08 bits per heavy atom. The highest BCUT2D eigenvalue weighted by Gasteiger charge is 2.27. The van der Waals surface area contributed by atoms with E-state index < -0.39 is 11.5 Å². The molecule has 1 aromatic carbocycles. The molecule has 1 N–H and O–H groups in total. The number of aryl methyl sites for hydroxylation is 1. The molecule has 5 aromatic rings. The van der Waals surface area contributed by atoms with Gasteiger partial charge in [0.2, 0.25) is 0 Å². The molecule has 200 valence electrons. The maximum Gasteiger partial charge on any atom is 0.272 e. The third-order valence-corrected chi connectivity index (χ3v) is 7.26. The maximum absolute atomic E-state index is 13.4. The Hall–Kier alpha value is -4.25. The number of pyridine rings is 1. The first-order valence-corrected chi connectivity index (χ1v) is 13.1. The Kier molecular flexibility index (Phi) is 6.74. The number of carbonyl (C=O) groups is 1. The molecular weight excluding hydrogens is 523 g/mol. The number of halogens is 2. The molecule has 1 aliphatic rings. The van der Waals surface area contributed by atoms with Crippen LogP contribution in [0.4, 0.5) is 15.9 Å². The van der Waals surface area contributed by atoms with E-state index in [9.17, 15) is 9.18 Å². The molecule has 1 fully saturated rings. The third-order valence-electron chi connectivity index (χ3n) is 7.07. The van der Waals surface area contributed by atoms with Gasteiger partial charge in [-0.3, -0.25) is 4.79 Å². The number of ether oxygens (including phenoxy) is 1. The Balaban J connectivity index is 1.22. The monoisotopic (exact) mass is 548 g/mol. The van der Waals surface area contributed by atoms with E-state index in [1.165, 1.54) is 17.6 Å². The number of carbonyl (C=O) groups excluding carboxylic acids is 1. The van der Waals surface area contributed by atoms with Gasteiger partial charge < -0.3 is 15.0 Å². The molecule has 0 aliphatic carbocycles. The van der Waals surface area contributed by atoms with Crippen LogP contribution in [0.2, 0.25) is 0 Å². The number of alkyl halides is 2. The number of nitrogens with one attached hydrogen (secondary N) is 1. The van der Waals surface area contributed by atoms with Crippen LogP contribution in [-0.4, -0.2) is 58.7 Å². The number of hydrogen-bond acceptors (Lipinski definition) is 7. The molecule has 39 heavy (non-hydrogen) atoms. The molecule has 0 bridgehead atoms.